The number of benzene rings is 4. The van der Waals surface area contributed by atoms with Gasteiger partial charge in [0.15, 0.2) is 0 Å². The monoisotopic (exact) mass is 936 g/mol. The normalized spacial score (nSPS) is 16.1. The predicted molar refractivity (Wildman–Crippen MR) is 219 cm³/mol. The number of fused-ring (bicyclic) bond motifs is 3. The summed E-state index contributed by atoms with van der Waals surface area (Å²) in [5.74, 6) is 6.86. The van der Waals surface area contributed by atoms with Gasteiger partial charge in [-0.05, 0) is 39.9 Å². The molecule has 7 rings (SSSR count). The molecule has 52 heavy (non-hydrogen) atoms. The molecular formula is C47H50GeIrN2O-2. The first-order valence-electron chi connectivity index (χ1n) is 22.5. The molecule has 0 aliphatic heterocycles. The van der Waals surface area contributed by atoms with Crippen LogP contribution in [0, 0.1) is 24.5 Å². The Balaban J connectivity index is 0.000000267. The zero-order valence-electron chi connectivity index (χ0n) is 41.5. The fourth-order valence-corrected chi connectivity index (χ4v) is 8.97. The zero-order chi connectivity index (χ0) is 45.8. The van der Waals surface area contributed by atoms with Crippen LogP contribution in [-0.2, 0) is 31.9 Å². The van der Waals surface area contributed by atoms with E-state index in [0.717, 1.165) is 54.7 Å². The van der Waals surface area contributed by atoms with Crippen LogP contribution < -0.4 is 4.40 Å². The van der Waals surface area contributed by atoms with Gasteiger partial charge >= 0.3 is 135 Å². The van der Waals surface area contributed by atoms with Crippen molar-refractivity contribution >= 4 is 39.6 Å². The summed E-state index contributed by atoms with van der Waals surface area (Å²) in [6.07, 6.45) is 1.72. The van der Waals surface area contributed by atoms with Crippen LogP contribution >= 0.6 is 0 Å². The molecule has 0 atom stereocenters. The molecule has 4 aromatic carbocycles. The van der Waals surface area contributed by atoms with Gasteiger partial charge in [0.05, 0.1) is 5.58 Å². The largest absolute Gasteiger partial charge is 0 e. The van der Waals surface area contributed by atoms with E-state index in [0.29, 0.717) is 16.7 Å². The number of rotatable bonds is 5. The summed E-state index contributed by atoms with van der Waals surface area (Å²) in [6.45, 7) is -2.33. The summed E-state index contributed by atoms with van der Waals surface area (Å²) in [4.78, 5) is 8.96. The van der Waals surface area contributed by atoms with E-state index < -0.39 is 51.0 Å². The fourth-order valence-electron chi connectivity index (χ4n) is 6.04. The molecule has 0 unspecified atom stereocenters. The Morgan fingerprint density at radius 2 is 1.58 bits per heavy atom. The second-order valence-electron chi connectivity index (χ2n) is 14.9. The molecule has 0 saturated heterocycles. The topological polar surface area (TPSA) is 38.9 Å². The van der Waals surface area contributed by atoms with Gasteiger partial charge in [0, 0.05) is 44.0 Å². The molecule has 0 bridgehead atoms. The Hall–Kier alpha value is -3.83. The standard InChI is InChI=1S/C28H24NO.C19H26GeN.Ir/c1-18-10-12-22(24-17-21(14-15-29-24)28(2,3)4)27-26(18)23-13-11-20(16-25(23)30-27)19-8-6-5-7-9-19;1-19(2,3)13-16-12-18(15-10-8-7-9-11-15)21-14-17(16)20(4,5)6;/h5-11,13-17H,1-4H3;7-10,12,14H,13H2,1-6H3;/q2*-1;/i2D3,3D3,4D3;13D2;. The van der Waals surface area contributed by atoms with Crippen molar-refractivity contribution in [2.24, 2.45) is 5.41 Å². The molecule has 5 heteroatoms. The number of nitrogens with zero attached hydrogens (tertiary/aromatic N) is 2. The summed E-state index contributed by atoms with van der Waals surface area (Å²) in [5.41, 5.74) is 2.96. The summed E-state index contributed by atoms with van der Waals surface area (Å²) in [5, 5.41) is 1.66. The maximum Gasteiger partial charge on any atom is 0 e. The van der Waals surface area contributed by atoms with Crippen molar-refractivity contribution in [2.45, 2.75) is 77.3 Å². The number of pyridine rings is 2. The van der Waals surface area contributed by atoms with E-state index in [2.05, 4.69) is 39.4 Å². The van der Waals surface area contributed by atoms with Crippen LogP contribution in [0.2, 0.25) is 17.3 Å². The van der Waals surface area contributed by atoms with Crippen molar-refractivity contribution in [1.82, 2.24) is 9.97 Å². The van der Waals surface area contributed by atoms with Gasteiger partial charge in [0.25, 0.3) is 0 Å². The van der Waals surface area contributed by atoms with Crippen molar-refractivity contribution in [1.29, 1.82) is 0 Å². The maximum absolute atomic E-state index is 8.76. The average molecular weight is 935 g/mol. The first-order valence-corrected chi connectivity index (χ1v) is 24.3. The summed E-state index contributed by atoms with van der Waals surface area (Å²) in [7, 11) is 0. The first-order chi connectivity index (χ1) is 28.6. The Bertz CT molecular complexity index is 2680. The van der Waals surface area contributed by atoms with E-state index in [4.69, 9.17) is 19.5 Å². The molecule has 0 fully saturated rings. The zero-order valence-corrected chi connectivity index (χ0v) is 35.0. The van der Waals surface area contributed by atoms with E-state index in [1.165, 1.54) is 12.3 Å². The van der Waals surface area contributed by atoms with Gasteiger partial charge in [-0.25, -0.2) is 0 Å². The Labute approximate surface area is 342 Å². The molecule has 0 aliphatic carbocycles. The average Bonchev–Trinajstić information content (AvgIpc) is 3.56. The summed E-state index contributed by atoms with van der Waals surface area (Å²) >= 11 is -2.24. The molecule has 0 saturated carbocycles. The van der Waals surface area contributed by atoms with Crippen molar-refractivity contribution in [2.75, 3.05) is 0 Å². The van der Waals surface area contributed by atoms with Crippen LogP contribution in [0.25, 0.3) is 55.6 Å². The van der Waals surface area contributed by atoms with Crippen LogP contribution in [0.5, 0.6) is 0 Å². The van der Waals surface area contributed by atoms with E-state index >= 15 is 0 Å². The van der Waals surface area contributed by atoms with Crippen LogP contribution in [0.1, 0.15) is 73.1 Å². The number of aromatic nitrogens is 2. The smallest absolute Gasteiger partial charge is 0 e. The first kappa shape index (κ1) is 26.9. The number of furan rings is 1. The fraction of sp³-hybridized carbons (Fsp3) is 0.277. The Morgan fingerprint density at radius 3 is 2.25 bits per heavy atom. The molecule has 3 nitrogen and oxygen atoms in total. The van der Waals surface area contributed by atoms with Gasteiger partial charge in [-0.1, -0.05) is 87.0 Å². The van der Waals surface area contributed by atoms with Gasteiger partial charge in [0.2, 0.25) is 0 Å². The van der Waals surface area contributed by atoms with Gasteiger partial charge in [0.1, 0.15) is 5.58 Å². The minimum atomic E-state index is -3.37. The van der Waals surface area contributed by atoms with E-state index in [1.54, 1.807) is 6.07 Å². The molecule has 0 amide bonds. The molecule has 269 valence electrons. The molecule has 0 spiro atoms. The van der Waals surface area contributed by atoms with Crippen molar-refractivity contribution in [3.8, 4) is 33.6 Å². The third-order valence-corrected chi connectivity index (χ3v) is 12.7. The van der Waals surface area contributed by atoms with E-state index in [-0.39, 0.29) is 31.4 Å². The van der Waals surface area contributed by atoms with Gasteiger partial charge < -0.3 is 9.40 Å². The van der Waals surface area contributed by atoms with Crippen molar-refractivity contribution in [3.05, 3.63) is 138 Å². The van der Waals surface area contributed by atoms with Gasteiger partial charge in [-0.3, -0.25) is 0 Å². The van der Waals surface area contributed by atoms with Crippen molar-refractivity contribution < 1.29 is 39.6 Å². The van der Waals surface area contributed by atoms with Crippen molar-refractivity contribution in [3.63, 3.8) is 0 Å². The molecule has 1 radical (unpaired) electrons. The number of hydrogen-bond acceptors (Lipinski definition) is 3. The maximum atomic E-state index is 8.76. The molecule has 3 heterocycles. The van der Waals surface area contributed by atoms with E-state index in [1.807, 2.05) is 113 Å². The summed E-state index contributed by atoms with van der Waals surface area (Å²) < 4.78 is 97.4. The summed E-state index contributed by atoms with van der Waals surface area (Å²) in [6, 6.07) is 35.8. The van der Waals surface area contributed by atoms with Crippen LogP contribution in [0.3, 0.4) is 0 Å². The van der Waals surface area contributed by atoms with Crippen LogP contribution in [-0.4, -0.2) is 23.2 Å². The molecule has 0 aliphatic rings. The van der Waals surface area contributed by atoms with Gasteiger partial charge in [-0.15, -0.1) is 17.7 Å². The molecule has 7 aromatic rings. The minimum Gasteiger partial charge on any atom is 0 e. The third kappa shape index (κ3) is 9.03. The van der Waals surface area contributed by atoms with Gasteiger partial charge in [-0.2, -0.15) is 0 Å². The number of hydrogen-bond donors (Lipinski definition) is 0. The quantitative estimate of drug-likeness (QED) is 0.128. The minimum absolute atomic E-state index is 0. The van der Waals surface area contributed by atoms with E-state index in [9.17, 15) is 0 Å². The third-order valence-electron chi connectivity index (χ3n) is 8.51. The molecule has 0 N–H and O–H groups in total. The number of aryl methyl sites for hydroxylation is 1. The van der Waals surface area contributed by atoms with Crippen LogP contribution in [0.15, 0.2) is 114 Å². The second kappa shape index (κ2) is 15.6. The molecule has 3 aromatic heterocycles. The second-order valence-corrected chi connectivity index (χ2v) is 25.5. The van der Waals surface area contributed by atoms with Crippen LogP contribution in [0.4, 0.5) is 0 Å². The molecular weight excluding hydrogens is 873 g/mol. The SMILES string of the molecule is [2H]C([2H])([2H])C(c1ccnc(-c2[c-]cc(C)c3c2oc2cc(-c4ccccc4)ccc23)c1)(C([2H])([2H])[2H])C([2H])([2H])[2H].[2H]C([2H])(c1cc(-c2[c-]cccc2)nc[c]1[Ge]([CH3])([CH3])[CH3])C(C)(C)C.[Ir]. The Kier molecular flexibility index (Phi) is 8.08. The Morgan fingerprint density at radius 1 is 0.827 bits per heavy atom. The predicted octanol–water partition coefficient (Wildman–Crippen LogP) is 12.4.